The van der Waals surface area contributed by atoms with E-state index in [1.165, 1.54) is 17.2 Å². The maximum atomic E-state index is 12.4. The Kier molecular flexibility index (Phi) is 6.39. The third-order valence-electron chi connectivity index (χ3n) is 4.45. The number of halogens is 1. The summed E-state index contributed by atoms with van der Waals surface area (Å²) in [6.45, 7) is 3.47. The minimum Gasteiger partial charge on any atom is -0.323 e. The van der Waals surface area contributed by atoms with Crippen LogP contribution >= 0.6 is 12.4 Å². The Hall–Kier alpha value is -2.38. The molecule has 0 amide bonds. The minimum atomic E-state index is -0.364. The number of imidazole rings is 1. The fourth-order valence-electron chi connectivity index (χ4n) is 3.04. The summed E-state index contributed by atoms with van der Waals surface area (Å²) in [7, 11) is 3.11. The molecule has 3 rings (SSSR count). The normalized spacial score (nSPS) is 12.1. The summed E-state index contributed by atoms with van der Waals surface area (Å²) in [5.74, 6) is 0. The SMILES string of the molecule is CC(Cc1ccccc1)NCCn1cnc2c1c(=O)n(C)c(=O)n2C.Cl. The Labute approximate surface area is 157 Å². The molecule has 8 heteroatoms. The van der Waals surface area contributed by atoms with Crippen molar-refractivity contribution in [3.63, 3.8) is 0 Å². The van der Waals surface area contributed by atoms with E-state index in [0.717, 1.165) is 11.0 Å². The van der Waals surface area contributed by atoms with Crippen LogP contribution in [-0.4, -0.2) is 31.3 Å². The van der Waals surface area contributed by atoms with E-state index in [4.69, 9.17) is 0 Å². The van der Waals surface area contributed by atoms with Crippen molar-refractivity contribution in [3.8, 4) is 0 Å². The number of rotatable bonds is 6. The van der Waals surface area contributed by atoms with Crippen LogP contribution in [0.1, 0.15) is 12.5 Å². The molecule has 0 spiro atoms. The average Bonchev–Trinajstić information content (AvgIpc) is 3.03. The molecule has 2 heterocycles. The maximum absolute atomic E-state index is 12.4. The van der Waals surface area contributed by atoms with Crippen molar-refractivity contribution in [1.82, 2.24) is 24.0 Å². The number of nitrogens with zero attached hydrogens (tertiary/aromatic N) is 4. The molecule has 1 atom stereocenters. The molecule has 0 radical (unpaired) electrons. The predicted molar refractivity (Wildman–Crippen MR) is 105 cm³/mol. The molecule has 26 heavy (non-hydrogen) atoms. The standard InChI is InChI=1S/C18H23N5O2.ClH/c1-13(11-14-7-5-4-6-8-14)19-9-10-23-12-20-16-15(23)17(24)22(3)18(25)21(16)2;/h4-8,12-13,19H,9-11H2,1-3H3;1H. The highest BCUT2D eigenvalue weighted by molar-refractivity contribution is 5.85. The van der Waals surface area contributed by atoms with E-state index < -0.39 is 0 Å². The van der Waals surface area contributed by atoms with Crippen LogP contribution in [0.3, 0.4) is 0 Å². The highest BCUT2D eigenvalue weighted by Gasteiger charge is 2.14. The average molecular weight is 378 g/mol. The molecule has 0 saturated carbocycles. The van der Waals surface area contributed by atoms with Crippen molar-refractivity contribution in [2.45, 2.75) is 25.9 Å². The van der Waals surface area contributed by atoms with E-state index in [1.807, 2.05) is 18.2 Å². The lowest BCUT2D eigenvalue weighted by Gasteiger charge is -2.14. The molecule has 3 aromatic rings. The van der Waals surface area contributed by atoms with Crippen LogP contribution in [0.4, 0.5) is 0 Å². The zero-order valence-corrected chi connectivity index (χ0v) is 16.0. The van der Waals surface area contributed by atoms with Gasteiger partial charge in [0.2, 0.25) is 0 Å². The molecule has 0 aliphatic rings. The van der Waals surface area contributed by atoms with E-state index in [1.54, 1.807) is 17.9 Å². The van der Waals surface area contributed by atoms with Crippen molar-refractivity contribution in [2.75, 3.05) is 6.54 Å². The van der Waals surface area contributed by atoms with Gasteiger partial charge in [-0.25, -0.2) is 9.78 Å². The molecule has 1 unspecified atom stereocenters. The molecule has 7 nitrogen and oxygen atoms in total. The van der Waals surface area contributed by atoms with Crippen molar-refractivity contribution in [1.29, 1.82) is 0 Å². The van der Waals surface area contributed by atoms with Gasteiger partial charge in [-0.1, -0.05) is 30.3 Å². The number of aromatic nitrogens is 4. The number of fused-ring (bicyclic) bond motifs is 1. The lowest BCUT2D eigenvalue weighted by Crippen LogP contribution is -2.38. The number of hydrogen-bond acceptors (Lipinski definition) is 4. The lowest BCUT2D eigenvalue weighted by atomic mass is 10.1. The zero-order chi connectivity index (χ0) is 18.0. The fraction of sp³-hybridized carbons (Fsp3) is 0.389. The van der Waals surface area contributed by atoms with E-state index >= 15 is 0 Å². The molecular weight excluding hydrogens is 354 g/mol. The summed E-state index contributed by atoms with van der Waals surface area (Å²) in [6, 6.07) is 10.7. The summed E-state index contributed by atoms with van der Waals surface area (Å²) in [5.41, 5.74) is 1.50. The van der Waals surface area contributed by atoms with Crippen molar-refractivity contribution >= 4 is 23.6 Å². The molecular formula is C18H24ClN5O2. The van der Waals surface area contributed by atoms with Crippen LogP contribution in [0.5, 0.6) is 0 Å². The number of nitrogens with one attached hydrogen (secondary N) is 1. The fourth-order valence-corrected chi connectivity index (χ4v) is 3.04. The van der Waals surface area contributed by atoms with Gasteiger partial charge in [-0.2, -0.15) is 0 Å². The summed E-state index contributed by atoms with van der Waals surface area (Å²) >= 11 is 0. The van der Waals surface area contributed by atoms with Gasteiger partial charge in [0, 0.05) is 33.2 Å². The second kappa shape index (κ2) is 8.33. The summed E-state index contributed by atoms with van der Waals surface area (Å²) in [5, 5.41) is 3.47. The number of benzene rings is 1. The third kappa shape index (κ3) is 3.89. The highest BCUT2D eigenvalue weighted by atomic mass is 35.5. The van der Waals surface area contributed by atoms with Crippen LogP contribution in [0.15, 0.2) is 46.2 Å². The Morgan fingerprint density at radius 1 is 1.12 bits per heavy atom. The summed E-state index contributed by atoms with van der Waals surface area (Å²) < 4.78 is 4.32. The van der Waals surface area contributed by atoms with Gasteiger partial charge in [-0.15, -0.1) is 12.4 Å². The third-order valence-corrected chi connectivity index (χ3v) is 4.45. The molecule has 1 N–H and O–H groups in total. The Morgan fingerprint density at radius 3 is 2.50 bits per heavy atom. The second-order valence-electron chi connectivity index (χ2n) is 6.36. The van der Waals surface area contributed by atoms with Gasteiger partial charge in [0.15, 0.2) is 11.2 Å². The van der Waals surface area contributed by atoms with Crippen LogP contribution in [0.2, 0.25) is 0 Å². The van der Waals surface area contributed by atoms with Gasteiger partial charge in [-0.05, 0) is 18.9 Å². The largest absolute Gasteiger partial charge is 0.332 e. The van der Waals surface area contributed by atoms with Crippen LogP contribution in [-0.2, 0) is 27.1 Å². The molecule has 140 valence electrons. The molecule has 1 aromatic carbocycles. The smallest absolute Gasteiger partial charge is 0.323 e. The molecule has 0 aliphatic heterocycles. The van der Waals surface area contributed by atoms with E-state index in [-0.39, 0.29) is 23.7 Å². The first-order valence-electron chi connectivity index (χ1n) is 8.37. The first-order valence-corrected chi connectivity index (χ1v) is 8.37. The van der Waals surface area contributed by atoms with E-state index in [0.29, 0.717) is 30.3 Å². The van der Waals surface area contributed by atoms with Crippen LogP contribution in [0.25, 0.3) is 11.2 Å². The van der Waals surface area contributed by atoms with Gasteiger partial charge in [0.1, 0.15) is 0 Å². The molecule has 2 aromatic heterocycles. The van der Waals surface area contributed by atoms with Crippen molar-refractivity contribution in [2.24, 2.45) is 14.1 Å². The predicted octanol–water partition coefficient (Wildman–Crippen LogP) is 1.08. The van der Waals surface area contributed by atoms with Gasteiger partial charge in [0.25, 0.3) is 5.56 Å². The number of aryl methyl sites for hydroxylation is 1. The van der Waals surface area contributed by atoms with Crippen molar-refractivity contribution < 1.29 is 0 Å². The highest BCUT2D eigenvalue weighted by Crippen LogP contribution is 2.05. The minimum absolute atomic E-state index is 0. The lowest BCUT2D eigenvalue weighted by molar-refractivity contribution is 0.515. The first kappa shape index (κ1) is 19.9. The monoisotopic (exact) mass is 377 g/mol. The van der Waals surface area contributed by atoms with Gasteiger partial charge in [-0.3, -0.25) is 13.9 Å². The maximum Gasteiger partial charge on any atom is 0.332 e. The van der Waals surface area contributed by atoms with E-state index in [2.05, 4.69) is 29.4 Å². The first-order chi connectivity index (χ1) is 12.0. The molecule has 0 bridgehead atoms. The zero-order valence-electron chi connectivity index (χ0n) is 15.2. The topological polar surface area (TPSA) is 73.8 Å². The van der Waals surface area contributed by atoms with Crippen LogP contribution in [0, 0.1) is 0 Å². The Bertz CT molecular complexity index is 990. The molecule has 0 saturated heterocycles. The summed E-state index contributed by atoms with van der Waals surface area (Å²) in [6.07, 6.45) is 2.57. The Morgan fingerprint density at radius 2 is 1.81 bits per heavy atom. The summed E-state index contributed by atoms with van der Waals surface area (Å²) in [4.78, 5) is 28.6. The molecule has 0 aliphatic carbocycles. The number of hydrogen-bond donors (Lipinski definition) is 1. The van der Waals surface area contributed by atoms with Gasteiger partial charge < -0.3 is 9.88 Å². The Balaban J connectivity index is 0.00000243. The van der Waals surface area contributed by atoms with Gasteiger partial charge >= 0.3 is 5.69 Å². The van der Waals surface area contributed by atoms with Gasteiger partial charge in [0.05, 0.1) is 6.33 Å². The molecule has 0 fully saturated rings. The van der Waals surface area contributed by atoms with E-state index in [9.17, 15) is 9.59 Å². The van der Waals surface area contributed by atoms with Crippen molar-refractivity contribution in [3.05, 3.63) is 63.1 Å². The quantitative estimate of drug-likeness (QED) is 0.697. The van der Waals surface area contributed by atoms with Crippen LogP contribution < -0.4 is 16.6 Å². The second-order valence-corrected chi connectivity index (χ2v) is 6.36.